The van der Waals surface area contributed by atoms with E-state index in [0.717, 1.165) is 5.56 Å². The predicted octanol–water partition coefficient (Wildman–Crippen LogP) is 1.95. The predicted molar refractivity (Wildman–Crippen MR) is 108 cm³/mol. The number of ketones is 1. The molecule has 4 aromatic rings. The van der Waals surface area contributed by atoms with Crippen LogP contribution in [0.15, 0.2) is 67.6 Å². The number of pyridine rings is 1. The Morgan fingerprint density at radius 1 is 1.07 bits per heavy atom. The van der Waals surface area contributed by atoms with E-state index >= 15 is 0 Å². The molecule has 30 heavy (non-hydrogen) atoms. The summed E-state index contributed by atoms with van der Waals surface area (Å²) in [5.41, 5.74) is 1.84. The fraction of sp³-hybridized carbons (Fsp3) is 0.100. The highest BCUT2D eigenvalue weighted by Crippen LogP contribution is 2.13. The summed E-state index contributed by atoms with van der Waals surface area (Å²) in [6.45, 7) is 0.255. The second kappa shape index (κ2) is 8.35. The SMILES string of the molecule is Cn1ccnc1C(=O)c1ccc(NC(=O)NCc2cccnc2-n2cncn2)cc1. The Morgan fingerprint density at radius 3 is 2.60 bits per heavy atom. The molecule has 1 aromatic carbocycles. The number of hydrogen-bond donors (Lipinski definition) is 2. The molecule has 150 valence electrons. The van der Waals surface area contributed by atoms with Crippen LogP contribution in [0.1, 0.15) is 21.7 Å². The zero-order chi connectivity index (χ0) is 20.9. The molecule has 0 saturated carbocycles. The molecule has 0 saturated heterocycles. The van der Waals surface area contributed by atoms with Crippen LogP contribution < -0.4 is 10.6 Å². The molecule has 10 heteroatoms. The average molecular weight is 402 g/mol. The standard InChI is InChI=1S/C20H18N8O2/c1-27-10-9-23-19(27)17(29)14-4-6-16(7-5-14)26-20(30)24-11-15-3-2-8-22-18(15)28-13-21-12-25-28/h2-10,12-13H,11H2,1H3,(H2,24,26,30). The molecule has 3 heterocycles. The summed E-state index contributed by atoms with van der Waals surface area (Å²) in [5.74, 6) is 0.760. The van der Waals surface area contributed by atoms with E-state index in [9.17, 15) is 9.59 Å². The van der Waals surface area contributed by atoms with Gasteiger partial charge in [-0.3, -0.25) is 4.79 Å². The number of imidazole rings is 1. The van der Waals surface area contributed by atoms with Crippen LogP contribution in [0, 0.1) is 0 Å². The lowest BCUT2D eigenvalue weighted by Crippen LogP contribution is -2.28. The van der Waals surface area contributed by atoms with Crippen molar-refractivity contribution in [1.29, 1.82) is 0 Å². The van der Waals surface area contributed by atoms with Gasteiger partial charge in [0.15, 0.2) is 11.6 Å². The normalized spacial score (nSPS) is 10.6. The maximum atomic E-state index is 12.4. The first-order chi connectivity index (χ1) is 14.6. The molecule has 0 bridgehead atoms. The van der Waals surface area contributed by atoms with Crippen molar-refractivity contribution >= 4 is 17.5 Å². The number of hydrogen-bond acceptors (Lipinski definition) is 6. The van der Waals surface area contributed by atoms with E-state index in [1.54, 1.807) is 66.9 Å². The van der Waals surface area contributed by atoms with Gasteiger partial charge in [-0.15, -0.1) is 0 Å². The van der Waals surface area contributed by atoms with Crippen molar-refractivity contribution in [3.8, 4) is 5.82 Å². The molecule has 0 aliphatic heterocycles. The zero-order valence-electron chi connectivity index (χ0n) is 16.1. The molecule has 3 aromatic heterocycles. The number of rotatable bonds is 6. The molecular formula is C20H18N8O2. The third kappa shape index (κ3) is 4.07. The lowest BCUT2D eigenvalue weighted by Gasteiger charge is -2.10. The number of anilines is 1. The smallest absolute Gasteiger partial charge is 0.319 e. The fourth-order valence-electron chi connectivity index (χ4n) is 2.86. The van der Waals surface area contributed by atoms with Gasteiger partial charge in [0.05, 0.1) is 0 Å². The van der Waals surface area contributed by atoms with Crippen LogP contribution >= 0.6 is 0 Å². The van der Waals surface area contributed by atoms with E-state index in [4.69, 9.17) is 0 Å². The third-order valence-corrected chi connectivity index (χ3v) is 4.37. The summed E-state index contributed by atoms with van der Waals surface area (Å²) < 4.78 is 3.19. The minimum Gasteiger partial charge on any atom is -0.334 e. The first-order valence-corrected chi connectivity index (χ1v) is 9.07. The van der Waals surface area contributed by atoms with Crippen LogP contribution in [-0.2, 0) is 13.6 Å². The summed E-state index contributed by atoms with van der Waals surface area (Å²) >= 11 is 0. The van der Waals surface area contributed by atoms with Crippen LogP contribution in [0.5, 0.6) is 0 Å². The van der Waals surface area contributed by atoms with Gasteiger partial charge in [0.1, 0.15) is 12.7 Å². The molecule has 4 rings (SSSR count). The monoisotopic (exact) mass is 402 g/mol. The maximum absolute atomic E-state index is 12.4. The Bertz CT molecular complexity index is 1170. The second-order valence-electron chi connectivity index (χ2n) is 6.40. The van der Waals surface area contributed by atoms with Gasteiger partial charge >= 0.3 is 6.03 Å². The van der Waals surface area contributed by atoms with E-state index in [0.29, 0.717) is 22.9 Å². The largest absolute Gasteiger partial charge is 0.334 e. The van der Waals surface area contributed by atoms with E-state index in [2.05, 4.69) is 30.7 Å². The summed E-state index contributed by atoms with van der Waals surface area (Å²) in [6.07, 6.45) is 7.89. The van der Waals surface area contributed by atoms with Crippen molar-refractivity contribution in [3.05, 3.63) is 84.6 Å². The molecule has 0 atom stereocenters. The van der Waals surface area contributed by atoms with Gasteiger partial charge < -0.3 is 15.2 Å². The van der Waals surface area contributed by atoms with Gasteiger partial charge in [0, 0.05) is 49.0 Å². The first kappa shape index (κ1) is 19.0. The fourth-order valence-corrected chi connectivity index (χ4v) is 2.86. The van der Waals surface area contributed by atoms with E-state index < -0.39 is 0 Å². The number of aromatic nitrogens is 6. The number of aryl methyl sites for hydroxylation is 1. The number of urea groups is 1. The van der Waals surface area contributed by atoms with Gasteiger partial charge in [0.2, 0.25) is 5.78 Å². The number of amides is 2. The van der Waals surface area contributed by atoms with Crippen LogP contribution in [0.25, 0.3) is 5.82 Å². The molecular weight excluding hydrogens is 384 g/mol. The minimum atomic E-state index is -0.383. The van der Waals surface area contributed by atoms with Crippen LogP contribution in [-0.4, -0.2) is 41.1 Å². The molecule has 10 nitrogen and oxygen atoms in total. The van der Waals surface area contributed by atoms with Gasteiger partial charge in [-0.05, 0) is 30.3 Å². The van der Waals surface area contributed by atoms with E-state index in [1.807, 2.05) is 6.07 Å². The number of nitrogens with zero attached hydrogens (tertiary/aromatic N) is 6. The number of carbonyl (C=O) groups excluding carboxylic acids is 2. The van der Waals surface area contributed by atoms with Crippen molar-refractivity contribution < 1.29 is 9.59 Å². The topological polar surface area (TPSA) is 120 Å². The van der Waals surface area contributed by atoms with Crippen molar-refractivity contribution in [1.82, 2.24) is 34.6 Å². The van der Waals surface area contributed by atoms with Crippen molar-refractivity contribution in [3.63, 3.8) is 0 Å². The molecule has 2 amide bonds. The highest BCUT2D eigenvalue weighted by Gasteiger charge is 2.14. The third-order valence-electron chi connectivity index (χ3n) is 4.37. The van der Waals surface area contributed by atoms with Crippen molar-refractivity contribution in [2.75, 3.05) is 5.32 Å². The molecule has 0 radical (unpaired) electrons. The lowest BCUT2D eigenvalue weighted by atomic mass is 10.1. The molecule has 0 aliphatic carbocycles. The minimum absolute atomic E-state index is 0.185. The Balaban J connectivity index is 1.37. The molecule has 0 unspecified atom stereocenters. The number of benzene rings is 1. The van der Waals surface area contributed by atoms with Gasteiger partial charge in [-0.1, -0.05) is 6.07 Å². The average Bonchev–Trinajstić information content (AvgIpc) is 3.44. The van der Waals surface area contributed by atoms with Crippen molar-refractivity contribution in [2.45, 2.75) is 6.54 Å². The first-order valence-electron chi connectivity index (χ1n) is 9.07. The zero-order valence-corrected chi connectivity index (χ0v) is 16.1. The van der Waals surface area contributed by atoms with Gasteiger partial charge in [-0.25, -0.2) is 24.4 Å². The lowest BCUT2D eigenvalue weighted by molar-refractivity contribution is 0.102. The summed E-state index contributed by atoms with van der Waals surface area (Å²) in [5, 5.41) is 9.60. The van der Waals surface area contributed by atoms with Gasteiger partial charge in [-0.2, -0.15) is 5.10 Å². The van der Waals surface area contributed by atoms with Crippen molar-refractivity contribution in [2.24, 2.45) is 7.05 Å². The summed E-state index contributed by atoms with van der Waals surface area (Å²) in [6, 6.07) is 9.88. The Kier molecular flexibility index (Phi) is 5.29. The Labute approximate surface area is 171 Å². The van der Waals surface area contributed by atoms with E-state index in [1.165, 1.54) is 11.0 Å². The Morgan fingerprint density at radius 2 is 1.90 bits per heavy atom. The number of carbonyl (C=O) groups is 2. The maximum Gasteiger partial charge on any atom is 0.319 e. The van der Waals surface area contributed by atoms with E-state index in [-0.39, 0.29) is 18.4 Å². The van der Waals surface area contributed by atoms with Crippen LogP contribution in [0.4, 0.5) is 10.5 Å². The van der Waals surface area contributed by atoms with Crippen LogP contribution in [0.2, 0.25) is 0 Å². The Hall–Kier alpha value is -4.34. The molecule has 0 spiro atoms. The van der Waals surface area contributed by atoms with Gasteiger partial charge in [0.25, 0.3) is 0 Å². The quantitative estimate of drug-likeness (QED) is 0.476. The number of nitrogens with one attached hydrogen (secondary N) is 2. The highest BCUT2D eigenvalue weighted by atomic mass is 16.2. The second-order valence-corrected chi connectivity index (χ2v) is 6.40. The highest BCUT2D eigenvalue weighted by molar-refractivity contribution is 6.07. The molecule has 2 N–H and O–H groups in total. The molecule has 0 fully saturated rings. The summed E-state index contributed by atoms with van der Waals surface area (Å²) in [7, 11) is 1.76. The summed E-state index contributed by atoms with van der Waals surface area (Å²) in [4.78, 5) is 37.0. The van der Waals surface area contributed by atoms with Crippen LogP contribution in [0.3, 0.4) is 0 Å². The molecule has 0 aliphatic rings.